The second-order valence-corrected chi connectivity index (χ2v) is 6.99. The maximum absolute atomic E-state index is 3.76. The molecule has 0 saturated heterocycles. The molecule has 1 nitrogen and oxygen atoms in total. The van der Waals surface area contributed by atoms with Crippen molar-refractivity contribution in [3.63, 3.8) is 0 Å². The molecule has 1 aromatic carbocycles. The Morgan fingerprint density at radius 1 is 1.06 bits per heavy atom. The van der Waals surface area contributed by atoms with Gasteiger partial charge in [0.15, 0.2) is 0 Å². The van der Waals surface area contributed by atoms with Crippen LogP contribution in [-0.4, -0.2) is 6.04 Å². The summed E-state index contributed by atoms with van der Waals surface area (Å²) in [7, 11) is 0. The van der Waals surface area contributed by atoms with Crippen molar-refractivity contribution < 1.29 is 0 Å². The Labute approximate surface area is 111 Å². The van der Waals surface area contributed by atoms with Crippen molar-refractivity contribution in [3.8, 4) is 0 Å². The third-order valence-corrected chi connectivity index (χ3v) is 5.53. The van der Waals surface area contributed by atoms with Crippen LogP contribution in [0.25, 0.3) is 0 Å². The third kappa shape index (κ3) is 2.09. The molecule has 3 aliphatic carbocycles. The largest absolute Gasteiger partial charge is 0.310 e. The van der Waals surface area contributed by atoms with Crippen LogP contribution >= 0.6 is 0 Å². The van der Waals surface area contributed by atoms with Crippen molar-refractivity contribution in [1.82, 2.24) is 5.32 Å². The van der Waals surface area contributed by atoms with Crippen LogP contribution in [0.15, 0.2) is 24.3 Å². The fourth-order valence-corrected chi connectivity index (χ4v) is 3.84. The third-order valence-electron chi connectivity index (χ3n) is 5.53. The lowest BCUT2D eigenvalue weighted by atomic mass is 9.48. The van der Waals surface area contributed by atoms with E-state index in [9.17, 15) is 0 Å². The fourth-order valence-electron chi connectivity index (χ4n) is 3.84. The van der Waals surface area contributed by atoms with Gasteiger partial charge in [-0.2, -0.15) is 0 Å². The van der Waals surface area contributed by atoms with E-state index in [1.165, 1.54) is 30.4 Å². The topological polar surface area (TPSA) is 12.0 Å². The normalized spacial score (nSPS) is 32.9. The highest BCUT2D eigenvalue weighted by Crippen LogP contribution is 2.58. The second-order valence-electron chi connectivity index (χ2n) is 6.99. The maximum Gasteiger partial charge on any atom is 0.0208 e. The average molecular weight is 243 g/mol. The molecule has 0 radical (unpaired) electrons. The Balaban J connectivity index is 1.52. The highest BCUT2D eigenvalue weighted by molar-refractivity contribution is 5.21. The number of hydrogen-bond donors (Lipinski definition) is 1. The van der Waals surface area contributed by atoms with Crippen molar-refractivity contribution in [2.75, 3.05) is 0 Å². The maximum atomic E-state index is 3.76. The Bertz CT molecular complexity index is 404. The number of fused-ring (bicyclic) bond motifs is 2. The predicted molar refractivity (Wildman–Crippen MR) is 76.4 cm³/mol. The number of nitrogens with one attached hydrogen (secondary N) is 1. The summed E-state index contributed by atoms with van der Waals surface area (Å²) in [5.41, 5.74) is 3.39. The van der Waals surface area contributed by atoms with Gasteiger partial charge in [-0.25, -0.2) is 0 Å². The van der Waals surface area contributed by atoms with Crippen molar-refractivity contribution in [2.24, 2.45) is 17.3 Å². The lowest BCUT2D eigenvalue weighted by molar-refractivity contribution is -0.0787. The highest BCUT2D eigenvalue weighted by atomic mass is 14.9. The summed E-state index contributed by atoms with van der Waals surface area (Å²) in [6.07, 6.45) is 4.25. The van der Waals surface area contributed by atoms with Crippen LogP contribution in [0.1, 0.15) is 44.2 Å². The molecule has 3 atom stereocenters. The molecule has 0 aliphatic heterocycles. The molecule has 0 spiro atoms. The van der Waals surface area contributed by atoms with Gasteiger partial charge in [0.25, 0.3) is 0 Å². The van der Waals surface area contributed by atoms with Crippen LogP contribution in [0.3, 0.4) is 0 Å². The van der Waals surface area contributed by atoms with Gasteiger partial charge in [-0.3, -0.25) is 0 Å². The van der Waals surface area contributed by atoms with Crippen molar-refractivity contribution >= 4 is 0 Å². The minimum Gasteiger partial charge on any atom is -0.310 e. The van der Waals surface area contributed by atoms with Gasteiger partial charge in [-0.1, -0.05) is 43.7 Å². The van der Waals surface area contributed by atoms with Gasteiger partial charge in [0.05, 0.1) is 0 Å². The first kappa shape index (κ1) is 12.2. The zero-order valence-corrected chi connectivity index (χ0v) is 11.9. The zero-order chi connectivity index (χ0) is 12.8. The molecular formula is C17H25N. The molecular weight excluding hydrogens is 218 g/mol. The summed E-state index contributed by atoms with van der Waals surface area (Å²) in [6.45, 7) is 8.10. The molecule has 98 valence electrons. The van der Waals surface area contributed by atoms with Crippen LogP contribution in [0.4, 0.5) is 0 Å². The van der Waals surface area contributed by atoms with Gasteiger partial charge >= 0.3 is 0 Å². The fraction of sp³-hybridized carbons (Fsp3) is 0.647. The Hall–Kier alpha value is -0.820. The average Bonchev–Trinajstić information content (AvgIpc) is 2.38. The smallest absolute Gasteiger partial charge is 0.0208 e. The molecule has 1 aromatic rings. The van der Waals surface area contributed by atoms with Gasteiger partial charge in [-0.15, -0.1) is 0 Å². The summed E-state index contributed by atoms with van der Waals surface area (Å²) in [6, 6.07) is 9.66. The summed E-state index contributed by atoms with van der Waals surface area (Å²) >= 11 is 0. The summed E-state index contributed by atoms with van der Waals surface area (Å²) in [5, 5.41) is 3.76. The molecule has 18 heavy (non-hydrogen) atoms. The molecule has 3 fully saturated rings. The van der Waals surface area contributed by atoms with E-state index in [0.29, 0.717) is 5.41 Å². The van der Waals surface area contributed by atoms with Gasteiger partial charge in [-0.05, 0) is 49.0 Å². The van der Waals surface area contributed by atoms with Gasteiger partial charge in [0, 0.05) is 12.6 Å². The van der Waals surface area contributed by atoms with Crippen molar-refractivity contribution in [2.45, 2.75) is 52.6 Å². The Kier molecular flexibility index (Phi) is 2.97. The van der Waals surface area contributed by atoms with Crippen molar-refractivity contribution in [1.29, 1.82) is 0 Å². The minimum atomic E-state index is 0.627. The standard InChI is InChI=1S/C17H25N/c1-12-4-6-13(7-5-12)11-18-16-9-14-8-15(10-16)17(14,2)3/h4-7,14-16,18H,8-11H2,1-3H3/t14-,15+,16?. The van der Waals surface area contributed by atoms with E-state index in [4.69, 9.17) is 0 Å². The SMILES string of the molecule is Cc1ccc(CNC2C[C@@H]3C[C@H](C2)C3(C)C)cc1. The number of hydrogen-bond acceptors (Lipinski definition) is 1. The van der Waals surface area contributed by atoms with Crippen LogP contribution in [0, 0.1) is 24.2 Å². The Morgan fingerprint density at radius 2 is 1.67 bits per heavy atom. The van der Waals surface area contributed by atoms with E-state index < -0.39 is 0 Å². The van der Waals surface area contributed by atoms with Gasteiger partial charge in [0.1, 0.15) is 0 Å². The molecule has 4 rings (SSSR count). The molecule has 0 heterocycles. The minimum absolute atomic E-state index is 0.627. The highest BCUT2D eigenvalue weighted by Gasteiger charge is 2.52. The molecule has 2 bridgehead atoms. The number of aryl methyl sites for hydroxylation is 1. The van der Waals surface area contributed by atoms with Crippen LogP contribution in [0.5, 0.6) is 0 Å². The zero-order valence-electron chi connectivity index (χ0n) is 11.9. The van der Waals surface area contributed by atoms with E-state index in [1.54, 1.807) is 0 Å². The number of rotatable bonds is 3. The number of benzene rings is 1. The lowest BCUT2D eigenvalue weighted by Gasteiger charge is -2.59. The monoisotopic (exact) mass is 243 g/mol. The molecule has 3 aliphatic rings. The predicted octanol–water partition coefficient (Wildman–Crippen LogP) is 3.91. The van der Waals surface area contributed by atoms with Crippen LogP contribution < -0.4 is 5.32 Å². The van der Waals surface area contributed by atoms with Crippen molar-refractivity contribution in [3.05, 3.63) is 35.4 Å². The quantitative estimate of drug-likeness (QED) is 0.848. The second kappa shape index (κ2) is 4.38. The van der Waals surface area contributed by atoms with E-state index in [0.717, 1.165) is 24.4 Å². The van der Waals surface area contributed by atoms with Crippen LogP contribution in [-0.2, 0) is 6.54 Å². The first-order chi connectivity index (χ1) is 8.55. The van der Waals surface area contributed by atoms with Crippen LogP contribution in [0.2, 0.25) is 0 Å². The Morgan fingerprint density at radius 3 is 2.22 bits per heavy atom. The molecule has 0 aromatic heterocycles. The van der Waals surface area contributed by atoms with E-state index in [1.807, 2.05) is 0 Å². The molecule has 1 unspecified atom stereocenters. The lowest BCUT2D eigenvalue weighted by Crippen LogP contribution is -2.55. The summed E-state index contributed by atoms with van der Waals surface area (Å²) < 4.78 is 0. The van der Waals surface area contributed by atoms with E-state index >= 15 is 0 Å². The first-order valence-corrected chi connectivity index (χ1v) is 7.34. The molecule has 1 heteroatoms. The summed E-state index contributed by atoms with van der Waals surface area (Å²) in [5.74, 6) is 1.93. The van der Waals surface area contributed by atoms with Gasteiger partial charge in [0.2, 0.25) is 0 Å². The molecule has 3 saturated carbocycles. The van der Waals surface area contributed by atoms with E-state index in [2.05, 4.69) is 50.4 Å². The van der Waals surface area contributed by atoms with Gasteiger partial charge < -0.3 is 5.32 Å². The van der Waals surface area contributed by atoms with E-state index in [-0.39, 0.29) is 0 Å². The molecule has 0 amide bonds. The summed E-state index contributed by atoms with van der Waals surface area (Å²) in [4.78, 5) is 0. The first-order valence-electron chi connectivity index (χ1n) is 7.34. The molecule has 1 N–H and O–H groups in total.